The minimum atomic E-state index is 0.436. The quantitative estimate of drug-likeness (QED) is 0.914. The van der Waals surface area contributed by atoms with E-state index in [4.69, 9.17) is 27.9 Å². The number of nitrogens with one attached hydrogen (secondary N) is 1. The third-order valence-corrected chi connectivity index (χ3v) is 4.08. The predicted octanol–water partition coefficient (Wildman–Crippen LogP) is 3.16. The summed E-state index contributed by atoms with van der Waals surface area (Å²) < 4.78 is 5.54. The van der Waals surface area contributed by atoms with Gasteiger partial charge in [0.2, 0.25) is 0 Å². The van der Waals surface area contributed by atoms with Gasteiger partial charge in [-0.1, -0.05) is 29.3 Å². The molecule has 2 atom stereocenters. The van der Waals surface area contributed by atoms with Crippen molar-refractivity contribution in [2.24, 2.45) is 5.92 Å². The maximum absolute atomic E-state index is 6.19. The molecule has 1 N–H and O–H groups in total. The zero-order valence-corrected chi connectivity index (χ0v) is 11.4. The highest BCUT2D eigenvalue weighted by Gasteiger charge is 2.25. The molecule has 0 bridgehead atoms. The van der Waals surface area contributed by atoms with Crippen molar-refractivity contribution in [2.75, 3.05) is 20.3 Å². The molecule has 1 aromatic carbocycles. The number of hydrogen-bond donors (Lipinski definition) is 1. The third-order valence-electron chi connectivity index (χ3n) is 3.37. The maximum Gasteiger partial charge on any atom is 0.0512 e. The summed E-state index contributed by atoms with van der Waals surface area (Å²) in [5.74, 6) is 0.436. The molecule has 17 heavy (non-hydrogen) atoms. The van der Waals surface area contributed by atoms with Crippen molar-refractivity contribution in [3.63, 3.8) is 0 Å². The van der Waals surface area contributed by atoms with E-state index in [1.807, 2.05) is 25.2 Å². The van der Waals surface area contributed by atoms with Gasteiger partial charge in [0.15, 0.2) is 0 Å². The SMILES string of the molecule is CN[C@@H]1CCOC[C@H]1Cc1c(Cl)cccc1Cl. The van der Waals surface area contributed by atoms with Crippen LogP contribution < -0.4 is 5.32 Å². The number of rotatable bonds is 3. The number of benzene rings is 1. The van der Waals surface area contributed by atoms with Crippen LogP contribution in [0.5, 0.6) is 0 Å². The van der Waals surface area contributed by atoms with Gasteiger partial charge < -0.3 is 10.1 Å². The highest BCUT2D eigenvalue weighted by Crippen LogP contribution is 2.29. The molecular weight excluding hydrogens is 257 g/mol. The summed E-state index contributed by atoms with van der Waals surface area (Å²) in [6.45, 7) is 1.60. The molecule has 1 fully saturated rings. The van der Waals surface area contributed by atoms with Gasteiger partial charge in [-0.2, -0.15) is 0 Å². The molecule has 1 heterocycles. The van der Waals surface area contributed by atoms with Crippen LogP contribution in [0.4, 0.5) is 0 Å². The van der Waals surface area contributed by atoms with Crippen LogP contribution in [0.15, 0.2) is 18.2 Å². The van der Waals surface area contributed by atoms with Gasteiger partial charge >= 0.3 is 0 Å². The van der Waals surface area contributed by atoms with E-state index in [-0.39, 0.29) is 0 Å². The fraction of sp³-hybridized carbons (Fsp3) is 0.538. The van der Waals surface area contributed by atoms with E-state index in [0.29, 0.717) is 12.0 Å². The first-order chi connectivity index (χ1) is 8.22. The van der Waals surface area contributed by atoms with Crippen molar-refractivity contribution in [2.45, 2.75) is 18.9 Å². The Morgan fingerprint density at radius 1 is 1.35 bits per heavy atom. The minimum absolute atomic E-state index is 0.436. The Bertz CT molecular complexity index is 363. The van der Waals surface area contributed by atoms with Gasteiger partial charge in [0.1, 0.15) is 0 Å². The summed E-state index contributed by atoms with van der Waals surface area (Å²) >= 11 is 12.4. The van der Waals surface area contributed by atoms with E-state index in [1.54, 1.807) is 0 Å². The Kier molecular flexibility index (Phi) is 4.69. The summed E-state index contributed by atoms with van der Waals surface area (Å²) in [4.78, 5) is 0. The van der Waals surface area contributed by atoms with E-state index < -0.39 is 0 Å². The molecule has 0 spiro atoms. The molecule has 94 valence electrons. The Morgan fingerprint density at radius 2 is 2.06 bits per heavy atom. The molecule has 0 unspecified atom stereocenters. The fourth-order valence-corrected chi connectivity index (χ4v) is 2.92. The topological polar surface area (TPSA) is 21.3 Å². The summed E-state index contributed by atoms with van der Waals surface area (Å²) in [5.41, 5.74) is 1.03. The molecule has 0 aromatic heterocycles. The van der Waals surface area contributed by atoms with Crippen LogP contribution in [-0.2, 0) is 11.2 Å². The molecule has 0 saturated carbocycles. The number of halogens is 2. The van der Waals surface area contributed by atoms with Crippen LogP contribution in [0.1, 0.15) is 12.0 Å². The van der Waals surface area contributed by atoms with Gasteiger partial charge in [-0.25, -0.2) is 0 Å². The van der Waals surface area contributed by atoms with Crippen molar-refractivity contribution < 1.29 is 4.74 Å². The summed E-state index contributed by atoms with van der Waals surface area (Å²) in [6, 6.07) is 6.14. The van der Waals surface area contributed by atoms with Crippen LogP contribution in [0.3, 0.4) is 0 Å². The van der Waals surface area contributed by atoms with Crippen LogP contribution in [0.25, 0.3) is 0 Å². The Hall–Kier alpha value is -0.280. The first-order valence-electron chi connectivity index (χ1n) is 5.90. The monoisotopic (exact) mass is 273 g/mol. The molecule has 0 amide bonds. The molecule has 1 aliphatic heterocycles. The van der Waals surface area contributed by atoms with E-state index in [2.05, 4.69) is 5.32 Å². The second-order valence-corrected chi connectivity index (χ2v) is 5.24. The molecule has 0 radical (unpaired) electrons. The lowest BCUT2D eigenvalue weighted by Crippen LogP contribution is -2.42. The summed E-state index contributed by atoms with van der Waals surface area (Å²) in [5, 5.41) is 4.84. The van der Waals surface area contributed by atoms with Gasteiger partial charge in [0.25, 0.3) is 0 Å². The van der Waals surface area contributed by atoms with Gasteiger partial charge in [0, 0.05) is 28.6 Å². The molecule has 1 aromatic rings. The van der Waals surface area contributed by atoms with Crippen molar-refractivity contribution in [1.29, 1.82) is 0 Å². The average Bonchev–Trinajstić information content (AvgIpc) is 2.34. The summed E-state index contributed by atoms with van der Waals surface area (Å²) in [7, 11) is 2.00. The smallest absolute Gasteiger partial charge is 0.0512 e. The molecule has 2 nitrogen and oxygen atoms in total. The standard InChI is InChI=1S/C13H17Cl2NO/c1-16-13-5-6-17-8-9(13)7-10-11(14)3-2-4-12(10)15/h2-4,9,13,16H,5-8H2,1H3/t9-,13-/m1/s1. The summed E-state index contributed by atoms with van der Waals surface area (Å²) in [6.07, 6.45) is 1.91. The molecule has 4 heteroatoms. The van der Waals surface area contributed by atoms with Crippen molar-refractivity contribution in [1.82, 2.24) is 5.32 Å². The maximum atomic E-state index is 6.19. The van der Waals surface area contributed by atoms with Crippen LogP contribution >= 0.6 is 23.2 Å². The van der Waals surface area contributed by atoms with E-state index >= 15 is 0 Å². The zero-order valence-electron chi connectivity index (χ0n) is 9.88. The van der Waals surface area contributed by atoms with E-state index in [0.717, 1.165) is 41.7 Å². The average molecular weight is 274 g/mol. The molecule has 1 saturated heterocycles. The number of ether oxygens (including phenoxy) is 1. The Morgan fingerprint density at radius 3 is 2.71 bits per heavy atom. The van der Waals surface area contributed by atoms with Gasteiger partial charge in [-0.15, -0.1) is 0 Å². The fourth-order valence-electron chi connectivity index (χ4n) is 2.37. The third kappa shape index (κ3) is 3.14. The zero-order chi connectivity index (χ0) is 12.3. The van der Waals surface area contributed by atoms with Crippen molar-refractivity contribution in [3.8, 4) is 0 Å². The van der Waals surface area contributed by atoms with E-state index in [9.17, 15) is 0 Å². The van der Waals surface area contributed by atoms with Crippen molar-refractivity contribution in [3.05, 3.63) is 33.8 Å². The molecule has 1 aliphatic rings. The highest BCUT2D eigenvalue weighted by molar-refractivity contribution is 6.35. The molecule has 2 rings (SSSR count). The lowest BCUT2D eigenvalue weighted by atomic mass is 9.89. The molecular formula is C13H17Cl2NO. The second kappa shape index (κ2) is 6.05. The normalized spacial score (nSPS) is 24.9. The predicted molar refractivity (Wildman–Crippen MR) is 71.9 cm³/mol. The Labute approximate surface area is 112 Å². The minimum Gasteiger partial charge on any atom is -0.381 e. The van der Waals surface area contributed by atoms with Crippen LogP contribution in [0.2, 0.25) is 10.0 Å². The highest BCUT2D eigenvalue weighted by atomic mass is 35.5. The van der Waals surface area contributed by atoms with Crippen LogP contribution in [0, 0.1) is 5.92 Å². The van der Waals surface area contributed by atoms with Crippen LogP contribution in [-0.4, -0.2) is 26.3 Å². The Balaban J connectivity index is 2.13. The lowest BCUT2D eigenvalue weighted by molar-refractivity contribution is 0.0342. The second-order valence-electron chi connectivity index (χ2n) is 4.42. The largest absolute Gasteiger partial charge is 0.381 e. The lowest BCUT2D eigenvalue weighted by Gasteiger charge is -2.31. The van der Waals surface area contributed by atoms with Crippen molar-refractivity contribution >= 4 is 23.2 Å². The first-order valence-corrected chi connectivity index (χ1v) is 6.66. The van der Waals surface area contributed by atoms with Gasteiger partial charge in [-0.05, 0) is 37.6 Å². The first kappa shape index (κ1) is 13.2. The molecule has 0 aliphatic carbocycles. The van der Waals surface area contributed by atoms with Gasteiger partial charge in [-0.3, -0.25) is 0 Å². The number of hydrogen-bond acceptors (Lipinski definition) is 2. The van der Waals surface area contributed by atoms with E-state index in [1.165, 1.54) is 0 Å². The van der Waals surface area contributed by atoms with Gasteiger partial charge in [0.05, 0.1) is 6.61 Å².